The summed E-state index contributed by atoms with van der Waals surface area (Å²) in [5.74, 6) is 1.63. The number of aryl methyl sites for hydroxylation is 1. The van der Waals surface area contributed by atoms with Crippen LogP contribution < -0.4 is 9.80 Å². The molecule has 4 rings (SSSR count). The molecule has 0 unspecified atom stereocenters. The number of ether oxygens (including phenoxy) is 1. The molecule has 1 aliphatic rings. The zero-order valence-corrected chi connectivity index (χ0v) is 20.9. The Hall–Kier alpha value is -3.42. The number of fused-ring (bicyclic) bond motifs is 1. The lowest BCUT2D eigenvalue weighted by Crippen LogP contribution is -2.54. The van der Waals surface area contributed by atoms with Crippen LogP contribution in [0.4, 0.5) is 16.3 Å². The number of para-hydroxylation sites is 1. The molecule has 0 N–H and O–H groups in total. The van der Waals surface area contributed by atoms with Gasteiger partial charge in [-0.3, -0.25) is 4.98 Å². The molecule has 1 atom stereocenters. The second-order valence-corrected chi connectivity index (χ2v) is 9.94. The van der Waals surface area contributed by atoms with Gasteiger partial charge in [-0.1, -0.05) is 18.2 Å². The molecule has 0 spiro atoms. The van der Waals surface area contributed by atoms with Crippen LogP contribution >= 0.6 is 0 Å². The lowest BCUT2D eigenvalue weighted by molar-refractivity contribution is 0.0218. The zero-order valence-electron chi connectivity index (χ0n) is 20.9. The van der Waals surface area contributed by atoms with Crippen LogP contribution in [0.2, 0.25) is 0 Å². The Bertz CT molecular complexity index is 1170. The van der Waals surface area contributed by atoms with Gasteiger partial charge in [0.25, 0.3) is 0 Å². The summed E-state index contributed by atoms with van der Waals surface area (Å²) in [4.78, 5) is 32.7. The first-order valence-corrected chi connectivity index (χ1v) is 11.7. The molecule has 34 heavy (non-hydrogen) atoms. The van der Waals surface area contributed by atoms with Crippen LogP contribution in [0.1, 0.15) is 39.2 Å². The Morgan fingerprint density at radius 3 is 2.68 bits per heavy atom. The van der Waals surface area contributed by atoms with E-state index in [2.05, 4.69) is 59.1 Å². The second kappa shape index (κ2) is 9.44. The molecule has 0 aliphatic carbocycles. The monoisotopic (exact) mass is 462 g/mol. The number of rotatable bonds is 4. The van der Waals surface area contributed by atoms with Crippen molar-refractivity contribution in [3.05, 3.63) is 54.1 Å². The van der Waals surface area contributed by atoms with E-state index in [1.165, 1.54) is 0 Å². The maximum absolute atomic E-state index is 12.5. The first-order valence-electron chi connectivity index (χ1n) is 11.7. The van der Waals surface area contributed by atoms with E-state index in [4.69, 9.17) is 14.7 Å². The van der Waals surface area contributed by atoms with Crippen molar-refractivity contribution in [3.8, 4) is 0 Å². The fraction of sp³-hybridized carbons (Fsp3) is 0.462. The average molecular weight is 463 g/mol. The first-order chi connectivity index (χ1) is 16.1. The molecule has 1 aromatic carbocycles. The molecule has 1 aliphatic heterocycles. The molecular formula is C26H34N6O2. The maximum Gasteiger partial charge on any atom is 0.410 e. The van der Waals surface area contributed by atoms with Crippen LogP contribution in [0.15, 0.2) is 42.6 Å². The number of piperazine rings is 1. The Labute approximate surface area is 201 Å². The summed E-state index contributed by atoms with van der Waals surface area (Å²) in [7, 11) is 2.06. The van der Waals surface area contributed by atoms with Gasteiger partial charge in [0.1, 0.15) is 17.2 Å². The van der Waals surface area contributed by atoms with Crippen LogP contribution in [-0.4, -0.2) is 64.3 Å². The average Bonchev–Trinajstić information content (AvgIpc) is 2.77. The molecule has 2 aromatic heterocycles. The number of pyridine rings is 1. The van der Waals surface area contributed by atoms with E-state index in [9.17, 15) is 4.79 Å². The summed E-state index contributed by atoms with van der Waals surface area (Å²) in [5.41, 5.74) is 2.49. The van der Waals surface area contributed by atoms with Gasteiger partial charge in [0.05, 0.1) is 23.4 Å². The van der Waals surface area contributed by atoms with E-state index >= 15 is 0 Å². The van der Waals surface area contributed by atoms with Crippen molar-refractivity contribution in [2.75, 3.05) is 36.5 Å². The molecule has 1 saturated heterocycles. The summed E-state index contributed by atoms with van der Waals surface area (Å²) in [5, 5.41) is 1.11. The van der Waals surface area contributed by atoms with Gasteiger partial charge in [0, 0.05) is 50.4 Å². The number of anilines is 2. The minimum atomic E-state index is -0.498. The molecular weight excluding hydrogens is 428 g/mol. The van der Waals surface area contributed by atoms with E-state index in [1.807, 2.05) is 40.0 Å². The van der Waals surface area contributed by atoms with Gasteiger partial charge in [-0.15, -0.1) is 0 Å². The third-order valence-electron chi connectivity index (χ3n) is 5.87. The van der Waals surface area contributed by atoms with Gasteiger partial charge in [-0.25, -0.2) is 14.8 Å². The van der Waals surface area contributed by atoms with Gasteiger partial charge in [-0.2, -0.15) is 0 Å². The highest BCUT2D eigenvalue weighted by Gasteiger charge is 2.30. The fourth-order valence-electron chi connectivity index (χ4n) is 4.35. The van der Waals surface area contributed by atoms with Crippen molar-refractivity contribution in [1.29, 1.82) is 0 Å². The van der Waals surface area contributed by atoms with Crippen molar-refractivity contribution in [2.24, 2.45) is 0 Å². The number of hydrogen-bond donors (Lipinski definition) is 0. The topological polar surface area (TPSA) is 74.7 Å². The highest BCUT2D eigenvalue weighted by Crippen LogP contribution is 2.26. The highest BCUT2D eigenvalue weighted by molar-refractivity contribution is 5.90. The molecule has 0 bridgehead atoms. The summed E-state index contributed by atoms with van der Waals surface area (Å²) in [6.45, 7) is 12.2. The van der Waals surface area contributed by atoms with Gasteiger partial charge in [0.15, 0.2) is 0 Å². The molecule has 3 aromatic rings. The number of nitrogens with zero attached hydrogens (tertiary/aromatic N) is 6. The van der Waals surface area contributed by atoms with Crippen LogP contribution in [0.25, 0.3) is 10.9 Å². The highest BCUT2D eigenvalue weighted by atomic mass is 16.6. The third kappa shape index (κ3) is 5.38. The van der Waals surface area contributed by atoms with E-state index in [0.717, 1.165) is 33.9 Å². The second-order valence-electron chi connectivity index (χ2n) is 9.94. The number of hydrogen-bond acceptors (Lipinski definition) is 7. The maximum atomic E-state index is 12.5. The van der Waals surface area contributed by atoms with E-state index in [1.54, 1.807) is 4.90 Å². The van der Waals surface area contributed by atoms with Crippen molar-refractivity contribution in [2.45, 2.75) is 52.8 Å². The first kappa shape index (κ1) is 23.7. The van der Waals surface area contributed by atoms with Crippen molar-refractivity contribution < 1.29 is 9.53 Å². The molecule has 8 heteroatoms. The molecule has 8 nitrogen and oxygen atoms in total. The normalized spacial score (nSPS) is 16.6. The Morgan fingerprint density at radius 2 is 1.94 bits per heavy atom. The van der Waals surface area contributed by atoms with E-state index in [0.29, 0.717) is 26.2 Å². The van der Waals surface area contributed by atoms with Crippen molar-refractivity contribution in [3.63, 3.8) is 0 Å². The lowest BCUT2D eigenvalue weighted by atomic mass is 10.1. The summed E-state index contributed by atoms with van der Waals surface area (Å²) in [6, 6.07) is 12.4. The Morgan fingerprint density at radius 1 is 1.18 bits per heavy atom. The summed E-state index contributed by atoms with van der Waals surface area (Å²) in [6.07, 6.45) is 1.56. The summed E-state index contributed by atoms with van der Waals surface area (Å²) < 4.78 is 5.55. The summed E-state index contributed by atoms with van der Waals surface area (Å²) >= 11 is 0. The predicted octanol–water partition coefficient (Wildman–Crippen LogP) is 4.42. The van der Waals surface area contributed by atoms with Crippen LogP contribution in [0, 0.1) is 6.92 Å². The quantitative estimate of drug-likeness (QED) is 0.568. The van der Waals surface area contributed by atoms with Crippen LogP contribution in [0.5, 0.6) is 0 Å². The number of carbonyl (C=O) groups excluding carboxylic acids is 1. The van der Waals surface area contributed by atoms with Gasteiger partial charge in [-0.05, 0) is 46.8 Å². The van der Waals surface area contributed by atoms with Gasteiger partial charge in [0.2, 0.25) is 0 Å². The number of aromatic nitrogens is 3. The minimum absolute atomic E-state index is 0.114. The van der Waals surface area contributed by atoms with Crippen LogP contribution in [0.3, 0.4) is 0 Å². The zero-order chi connectivity index (χ0) is 24.5. The smallest absolute Gasteiger partial charge is 0.410 e. The van der Waals surface area contributed by atoms with E-state index < -0.39 is 5.60 Å². The molecule has 180 valence electrons. The number of carbonyl (C=O) groups is 1. The van der Waals surface area contributed by atoms with Crippen LogP contribution in [-0.2, 0) is 11.3 Å². The van der Waals surface area contributed by atoms with E-state index in [-0.39, 0.29) is 12.1 Å². The van der Waals surface area contributed by atoms with Gasteiger partial charge >= 0.3 is 6.09 Å². The standard InChI is InChI=1S/C26H34N6O2/c1-18-16-31(25(33)34-26(3,4)5)13-14-32(18)23-15-21(28-19(2)29-23)17-30(6)22-11-7-9-20-10-8-12-27-24(20)22/h7-12,15,18H,13-14,16-17H2,1-6H3/t18-/m1/s1. The Kier molecular flexibility index (Phi) is 6.59. The van der Waals surface area contributed by atoms with Crippen molar-refractivity contribution in [1.82, 2.24) is 19.9 Å². The molecule has 1 amide bonds. The van der Waals surface area contributed by atoms with Gasteiger partial charge < -0.3 is 19.4 Å². The SMILES string of the molecule is Cc1nc(CN(C)c2cccc3cccnc23)cc(N2CCN(C(=O)OC(C)(C)C)C[C@H]2C)n1. The van der Waals surface area contributed by atoms with Crippen molar-refractivity contribution >= 4 is 28.5 Å². The molecule has 0 saturated carbocycles. The number of benzene rings is 1. The molecule has 1 fully saturated rings. The minimum Gasteiger partial charge on any atom is -0.444 e. The Balaban J connectivity index is 1.50. The lowest BCUT2D eigenvalue weighted by Gasteiger charge is -2.41. The predicted molar refractivity (Wildman–Crippen MR) is 135 cm³/mol. The molecule has 0 radical (unpaired) electrons. The molecule has 3 heterocycles. The largest absolute Gasteiger partial charge is 0.444 e. The number of amides is 1. The third-order valence-corrected chi connectivity index (χ3v) is 5.87. The fourth-order valence-corrected chi connectivity index (χ4v) is 4.35.